The maximum atomic E-state index is 11.7. The second-order valence-electron chi connectivity index (χ2n) is 3.53. The molecule has 0 aromatic carbocycles. The molecule has 1 aliphatic rings. The number of rotatable bonds is 4. The third-order valence-electron chi connectivity index (χ3n) is 2.37. The highest BCUT2D eigenvalue weighted by Crippen LogP contribution is 2.11. The van der Waals surface area contributed by atoms with Gasteiger partial charge in [0.25, 0.3) is 0 Å². The van der Waals surface area contributed by atoms with Crippen molar-refractivity contribution in [1.29, 1.82) is 0 Å². The summed E-state index contributed by atoms with van der Waals surface area (Å²) in [5, 5.41) is 8.61. The molecule has 3 nitrogen and oxygen atoms in total. The van der Waals surface area contributed by atoms with Gasteiger partial charge < -0.3 is 10.0 Å². The fraction of sp³-hybridized carbons (Fsp3) is 0.900. The lowest BCUT2D eigenvalue weighted by molar-refractivity contribution is -0.131. The molecule has 0 bridgehead atoms. The molecule has 0 aromatic rings. The lowest BCUT2D eigenvalue weighted by atomic mass is 10.2. The zero-order valence-electron chi connectivity index (χ0n) is 8.57. The van der Waals surface area contributed by atoms with Crippen molar-refractivity contribution < 1.29 is 9.90 Å². The van der Waals surface area contributed by atoms with Crippen molar-refractivity contribution in [3.05, 3.63) is 0 Å². The summed E-state index contributed by atoms with van der Waals surface area (Å²) < 4.78 is 0. The van der Waals surface area contributed by atoms with Gasteiger partial charge in [0.05, 0.1) is 0 Å². The first-order valence-electron chi connectivity index (χ1n) is 5.31. The van der Waals surface area contributed by atoms with Crippen LogP contribution in [0.4, 0.5) is 0 Å². The van der Waals surface area contributed by atoms with Crippen LogP contribution < -0.4 is 0 Å². The van der Waals surface area contributed by atoms with E-state index in [1.165, 1.54) is 5.75 Å². The molecule has 1 aliphatic heterocycles. The number of carbonyl (C=O) groups is 1. The van der Waals surface area contributed by atoms with Gasteiger partial charge in [-0.05, 0) is 25.0 Å². The van der Waals surface area contributed by atoms with Gasteiger partial charge in [-0.2, -0.15) is 11.8 Å². The topological polar surface area (TPSA) is 40.5 Å². The van der Waals surface area contributed by atoms with Crippen molar-refractivity contribution >= 4 is 17.7 Å². The smallest absolute Gasteiger partial charge is 0.222 e. The second-order valence-corrected chi connectivity index (χ2v) is 4.75. The quantitative estimate of drug-likeness (QED) is 0.717. The van der Waals surface area contributed by atoms with E-state index in [-0.39, 0.29) is 12.5 Å². The molecule has 1 amide bonds. The molecule has 1 fully saturated rings. The molecule has 0 radical (unpaired) electrons. The summed E-state index contributed by atoms with van der Waals surface area (Å²) in [6.45, 7) is 2.02. The minimum absolute atomic E-state index is 0.198. The van der Waals surface area contributed by atoms with Gasteiger partial charge in [0.1, 0.15) is 0 Å². The molecule has 82 valence electrons. The SMILES string of the molecule is O=C(CCCCO)N1CCCSCC1. The number of thioether (sulfide) groups is 1. The predicted molar refractivity (Wildman–Crippen MR) is 59.5 cm³/mol. The summed E-state index contributed by atoms with van der Waals surface area (Å²) in [4.78, 5) is 13.6. The largest absolute Gasteiger partial charge is 0.396 e. The highest BCUT2D eigenvalue weighted by atomic mass is 32.2. The summed E-state index contributed by atoms with van der Waals surface area (Å²) in [5.74, 6) is 2.52. The van der Waals surface area contributed by atoms with Crippen LogP contribution in [0, 0.1) is 0 Å². The third kappa shape index (κ3) is 4.33. The van der Waals surface area contributed by atoms with Crippen molar-refractivity contribution in [2.24, 2.45) is 0 Å². The number of carbonyl (C=O) groups excluding carboxylic acids is 1. The fourth-order valence-corrected chi connectivity index (χ4v) is 2.43. The molecule has 1 saturated heterocycles. The molecule has 0 atom stereocenters. The molecule has 14 heavy (non-hydrogen) atoms. The lowest BCUT2D eigenvalue weighted by Gasteiger charge is -2.19. The van der Waals surface area contributed by atoms with Crippen LogP contribution in [0.15, 0.2) is 0 Å². The normalized spacial score (nSPS) is 17.9. The van der Waals surface area contributed by atoms with E-state index in [1.807, 2.05) is 16.7 Å². The van der Waals surface area contributed by atoms with Crippen LogP contribution in [0.25, 0.3) is 0 Å². The van der Waals surface area contributed by atoms with E-state index in [0.717, 1.165) is 38.1 Å². The monoisotopic (exact) mass is 217 g/mol. The van der Waals surface area contributed by atoms with E-state index < -0.39 is 0 Å². The molecule has 0 aromatic heterocycles. The Hall–Kier alpha value is -0.220. The van der Waals surface area contributed by atoms with Crippen molar-refractivity contribution in [2.45, 2.75) is 25.7 Å². The molecule has 1 heterocycles. The van der Waals surface area contributed by atoms with Gasteiger partial charge in [-0.1, -0.05) is 0 Å². The first-order chi connectivity index (χ1) is 6.84. The highest BCUT2D eigenvalue weighted by molar-refractivity contribution is 7.99. The minimum atomic E-state index is 0.198. The van der Waals surface area contributed by atoms with E-state index in [0.29, 0.717) is 6.42 Å². The van der Waals surface area contributed by atoms with Crippen LogP contribution in [0.2, 0.25) is 0 Å². The molecular formula is C10H19NO2S. The molecule has 4 heteroatoms. The van der Waals surface area contributed by atoms with Crippen molar-refractivity contribution in [1.82, 2.24) is 4.90 Å². The summed E-state index contributed by atoms with van der Waals surface area (Å²) in [6, 6.07) is 0. The third-order valence-corrected chi connectivity index (χ3v) is 3.42. The zero-order valence-corrected chi connectivity index (χ0v) is 9.39. The number of hydrogen-bond donors (Lipinski definition) is 1. The van der Waals surface area contributed by atoms with Crippen LogP contribution in [-0.2, 0) is 4.79 Å². The molecule has 0 spiro atoms. The number of unbranched alkanes of at least 4 members (excludes halogenated alkanes) is 1. The average Bonchev–Trinajstić information content (AvgIpc) is 2.46. The second kappa shape index (κ2) is 7.12. The molecule has 0 saturated carbocycles. The summed E-state index contributed by atoms with van der Waals surface area (Å²) >= 11 is 1.93. The summed E-state index contributed by atoms with van der Waals surface area (Å²) in [7, 11) is 0. The summed E-state index contributed by atoms with van der Waals surface area (Å²) in [5.41, 5.74) is 0. The van der Waals surface area contributed by atoms with E-state index in [4.69, 9.17) is 5.11 Å². The standard InChI is InChI=1S/C10H19NO2S/c12-7-2-1-4-10(13)11-5-3-8-14-9-6-11/h12H,1-9H2. The lowest BCUT2D eigenvalue weighted by Crippen LogP contribution is -2.32. The average molecular weight is 217 g/mol. The molecule has 1 rings (SSSR count). The van der Waals surface area contributed by atoms with Gasteiger partial charge in [-0.3, -0.25) is 4.79 Å². The minimum Gasteiger partial charge on any atom is -0.396 e. The maximum Gasteiger partial charge on any atom is 0.222 e. The Morgan fingerprint density at radius 1 is 1.29 bits per heavy atom. The maximum absolute atomic E-state index is 11.7. The van der Waals surface area contributed by atoms with Gasteiger partial charge in [-0.25, -0.2) is 0 Å². The predicted octanol–water partition coefficient (Wildman–Crippen LogP) is 1.11. The first-order valence-corrected chi connectivity index (χ1v) is 6.46. The van der Waals surface area contributed by atoms with Crippen LogP contribution in [-0.4, -0.2) is 47.1 Å². The molecule has 1 N–H and O–H groups in total. The van der Waals surface area contributed by atoms with Crippen LogP contribution >= 0.6 is 11.8 Å². The molecule has 0 aliphatic carbocycles. The summed E-state index contributed by atoms with van der Waals surface area (Å²) in [6.07, 6.45) is 3.29. The number of nitrogens with zero attached hydrogens (tertiary/aromatic N) is 1. The Kier molecular flexibility index (Phi) is 6.03. The Morgan fingerprint density at radius 3 is 2.93 bits per heavy atom. The van der Waals surface area contributed by atoms with Crippen LogP contribution in [0.3, 0.4) is 0 Å². The van der Waals surface area contributed by atoms with Gasteiger partial charge in [0.15, 0.2) is 0 Å². The van der Waals surface area contributed by atoms with Gasteiger partial charge >= 0.3 is 0 Å². The Morgan fingerprint density at radius 2 is 2.14 bits per heavy atom. The van der Waals surface area contributed by atoms with E-state index in [2.05, 4.69) is 0 Å². The number of aliphatic hydroxyl groups excluding tert-OH is 1. The Bertz CT molecular complexity index is 168. The molecule has 0 unspecified atom stereocenters. The van der Waals surface area contributed by atoms with Crippen LogP contribution in [0.1, 0.15) is 25.7 Å². The van der Waals surface area contributed by atoms with Crippen LogP contribution in [0.5, 0.6) is 0 Å². The van der Waals surface area contributed by atoms with E-state index in [9.17, 15) is 4.79 Å². The zero-order chi connectivity index (χ0) is 10.2. The number of amides is 1. The van der Waals surface area contributed by atoms with E-state index in [1.54, 1.807) is 0 Å². The first kappa shape index (κ1) is 11.9. The van der Waals surface area contributed by atoms with Gasteiger partial charge in [0, 0.05) is 31.9 Å². The highest BCUT2D eigenvalue weighted by Gasteiger charge is 2.14. The number of aliphatic hydroxyl groups is 1. The van der Waals surface area contributed by atoms with Gasteiger partial charge in [0.2, 0.25) is 5.91 Å². The van der Waals surface area contributed by atoms with E-state index >= 15 is 0 Å². The van der Waals surface area contributed by atoms with Gasteiger partial charge in [-0.15, -0.1) is 0 Å². The number of hydrogen-bond acceptors (Lipinski definition) is 3. The van der Waals surface area contributed by atoms with Crippen molar-refractivity contribution in [3.8, 4) is 0 Å². The fourth-order valence-electron chi connectivity index (χ4n) is 1.54. The molecular weight excluding hydrogens is 198 g/mol. The Labute approximate surface area is 89.9 Å². The van der Waals surface area contributed by atoms with Crippen molar-refractivity contribution in [3.63, 3.8) is 0 Å². The Balaban J connectivity index is 2.20. The van der Waals surface area contributed by atoms with Crippen molar-refractivity contribution in [2.75, 3.05) is 31.2 Å².